The smallest absolute Gasteiger partial charge is 0.235 e. The molecular weight excluding hydrogens is 316 g/mol. The maximum absolute atomic E-state index is 12.4. The van der Waals surface area contributed by atoms with E-state index in [4.69, 9.17) is 0 Å². The first-order valence-corrected chi connectivity index (χ1v) is 9.07. The van der Waals surface area contributed by atoms with Gasteiger partial charge in [0.05, 0.1) is 12.6 Å². The Hall–Kier alpha value is -2.20. The van der Waals surface area contributed by atoms with Crippen molar-refractivity contribution < 1.29 is 4.79 Å². The molecule has 1 aromatic rings. The van der Waals surface area contributed by atoms with Gasteiger partial charge in [-0.2, -0.15) is 10.4 Å². The molecule has 7 nitrogen and oxygen atoms in total. The third kappa shape index (κ3) is 4.26. The second kappa shape index (κ2) is 7.79. The molecule has 0 bridgehead atoms. The average Bonchev–Trinajstić information content (AvgIpc) is 3.11. The highest BCUT2D eigenvalue weighted by atomic mass is 16.2. The second-order valence-electron chi connectivity index (χ2n) is 7.19. The zero-order chi connectivity index (χ0) is 17.7. The molecule has 134 valence electrons. The number of nitrogens with zero attached hydrogens (tertiary/aromatic N) is 5. The quantitative estimate of drug-likeness (QED) is 0.869. The fraction of sp³-hybridized carbons (Fsp3) is 0.667. The Kier molecular flexibility index (Phi) is 5.49. The van der Waals surface area contributed by atoms with E-state index < -0.39 is 5.54 Å². The first-order valence-electron chi connectivity index (χ1n) is 9.07. The Balaban J connectivity index is 1.54. The first kappa shape index (κ1) is 17.6. The van der Waals surface area contributed by atoms with Crippen molar-refractivity contribution in [3.8, 4) is 6.07 Å². The Labute approximate surface area is 149 Å². The van der Waals surface area contributed by atoms with E-state index in [9.17, 15) is 10.1 Å². The minimum atomic E-state index is -0.643. The normalized spacial score (nSPS) is 22.6. The highest BCUT2D eigenvalue weighted by molar-refractivity contribution is 5.79. The predicted molar refractivity (Wildman–Crippen MR) is 94.9 cm³/mol. The summed E-state index contributed by atoms with van der Waals surface area (Å²) in [5, 5.41) is 20.5. The van der Waals surface area contributed by atoms with Gasteiger partial charge in [0, 0.05) is 25.3 Å². The monoisotopic (exact) mass is 342 g/mol. The van der Waals surface area contributed by atoms with Gasteiger partial charge in [0.25, 0.3) is 0 Å². The van der Waals surface area contributed by atoms with E-state index in [-0.39, 0.29) is 5.91 Å². The molecule has 2 aliphatic rings. The molecule has 3 rings (SSSR count). The number of amides is 1. The summed E-state index contributed by atoms with van der Waals surface area (Å²) in [6.07, 6.45) is 7.36. The highest BCUT2D eigenvalue weighted by Crippen LogP contribution is 2.28. The Bertz CT molecular complexity index is 622. The summed E-state index contributed by atoms with van der Waals surface area (Å²) in [4.78, 5) is 16.7. The van der Waals surface area contributed by atoms with Crippen molar-refractivity contribution in [1.82, 2.24) is 20.4 Å². The van der Waals surface area contributed by atoms with E-state index in [1.807, 2.05) is 19.2 Å². The van der Waals surface area contributed by atoms with Crippen molar-refractivity contribution in [3.05, 3.63) is 18.3 Å². The summed E-state index contributed by atoms with van der Waals surface area (Å²) in [7, 11) is 1.98. The van der Waals surface area contributed by atoms with Crippen LogP contribution in [0.5, 0.6) is 0 Å². The van der Waals surface area contributed by atoms with E-state index in [2.05, 4.69) is 31.4 Å². The van der Waals surface area contributed by atoms with E-state index in [1.165, 1.54) is 0 Å². The number of nitriles is 1. The van der Waals surface area contributed by atoms with Gasteiger partial charge >= 0.3 is 0 Å². The number of likely N-dealkylation sites (N-methyl/N-ethyl adjacent to an activating group) is 1. The zero-order valence-electron chi connectivity index (χ0n) is 14.8. The molecule has 0 unspecified atom stereocenters. The van der Waals surface area contributed by atoms with Gasteiger partial charge in [-0.05, 0) is 57.7 Å². The Morgan fingerprint density at radius 1 is 1.48 bits per heavy atom. The van der Waals surface area contributed by atoms with Gasteiger partial charge in [-0.25, -0.2) is 0 Å². The summed E-state index contributed by atoms with van der Waals surface area (Å²) in [6, 6.07) is 6.48. The van der Waals surface area contributed by atoms with Crippen LogP contribution < -0.4 is 10.2 Å². The number of hydrogen-bond donors (Lipinski definition) is 1. The summed E-state index contributed by atoms with van der Waals surface area (Å²) in [6.45, 7) is 2.13. The van der Waals surface area contributed by atoms with Gasteiger partial charge in [0.2, 0.25) is 5.91 Å². The van der Waals surface area contributed by atoms with E-state index in [0.717, 1.165) is 57.4 Å². The van der Waals surface area contributed by atoms with Crippen molar-refractivity contribution in [1.29, 1.82) is 5.26 Å². The number of piperidine rings is 1. The van der Waals surface area contributed by atoms with Gasteiger partial charge in [-0.15, -0.1) is 5.10 Å². The third-order valence-corrected chi connectivity index (χ3v) is 5.34. The number of carbonyl (C=O) groups is 1. The lowest BCUT2D eigenvalue weighted by Crippen LogP contribution is -2.52. The third-order valence-electron chi connectivity index (χ3n) is 5.34. The van der Waals surface area contributed by atoms with Crippen molar-refractivity contribution in [2.75, 3.05) is 31.6 Å². The molecule has 7 heteroatoms. The number of anilines is 1. The molecule has 1 amide bonds. The molecule has 1 aromatic heterocycles. The standard InChI is InChI=1S/C18H26N6O/c1-23(13-17(25)21-18(14-19)8-2-3-9-18)15-6-5-11-24(12-15)16-7-4-10-20-22-16/h4,7,10,15H,2-3,5-6,8-9,11-13H2,1H3,(H,21,25)/t15-/m0/s1. The van der Waals surface area contributed by atoms with Crippen LogP contribution in [-0.4, -0.2) is 59.3 Å². The summed E-state index contributed by atoms with van der Waals surface area (Å²) >= 11 is 0. The molecule has 1 saturated heterocycles. The summed E-state index contributed by atoms with van der Waals surface area (Å²) < 4.78 is 0. The van der Waals surface area contributed by atoms with Gasteiger partial charge in [-0.1, -0.05) is 0 Å². The number of aromatic nitrogens is 2. The maximum Gasteiger partial charge on any atom is 0.235 e. The van der Waals surface area contributed by atoms with Crippen LogP contribution in [-0.2, 0) is 4.79 Å². The molecule has 0 spiro atoms. The lowest BCUT2D eigenvalue weighted by Gasteiger charge is -2.38. The van der Waals surface area contributed by atoms with E-state index in [0.29, 0.717) is 12.6 Å². The fourth-order valence-corrected chi connectivity index (χ4v) is 3.89. The van der Waals surface area contributed by atoms with Gasteiger partial charge in [-0.3, -0.25) is 9.69 Å². The van der Waals surface area contributed by atoms with Crippen LogP contribution in [0.3, 0.4) is 0 Å². The van der Waals surface area contributed by atoms with Crippen LogP contribution in [0.4, 0.5) is 5.82 Å². The fourth-order valence-electron chi connectivity index (χ4n) is 3.89. The predicted octanol–water partition coefficient (Wildman–Crippen LogP) is 1.33. The first-order chi connectivity index (χ1) is 12.1. The molecule has 1 aliphatic heterocycles. The van der Waals surface area contributed by atoms with Crippen LogP contribution in [0.1, 0.15) is 38.5 Å². The van der Waals surface area contributed by atoms with Crippen LogP contribution in [0.15, 0.2) is 18.3 Å². The zero-order valence-corrected chi connectivity index (χ0v) is 14.8. The lowest BCUT2D eigenvalue weighted by atomic mass is 10.00. The number of rotatable bonds is 5. The topological polar surface area (TPSA) is 85.2 Å². The van der Waals surface area contributed by atoms with Crippen molar-refractivity contribution in [2.24, 2.45) is 0 Å². The van der Waals surface area contributed by atoms with Gasteiger partial charge < -0.3 is 10.2 Å². The molecule has 0 aromatic carbocycles. The number of hydrogen-bond acceptors (Lipinski definition) is 6. The van der Waals surface area contributed by atoms with Gasteiger partial charge in [0.1, 0.15) is 5.54 Å². The van der Waals surface area contributed by atoms with Crippen LogP contribution in [0.2, 0.25) is 0 Å². The summed E-state index contributed by atoms with van der Waals surface area (Å²) in [5.41, 5.74) is -0.643. The Morgan fingerprint density at radius 2 is 2.28 bits per heavy atom. The molecule has 1 atom stereocenters. The largest absolute Gasteiger partial charge is 0.354 e. The second-order valence-corrected chi connectivity index (χ2v) is 7.19. The van der Waals surface area contributed by atoms with Crippen LogP contribution >= 0.6 is 0 Å². The van der Waals surface area contributed by atoms with E-state index >= 15 is 0 Å². The van der Waals surface area contributed by atoms with Gasteiger partial charge in [0.15, 0.2) is 5.82 Å². The van der Waals surface area contributed by atoms with Crippen LogP contribution in [0, 0.1) is 11.3 Å². The van der Waals surface area contributed by atoms with Crippen molar-refractivity contribution in [2.45, 2.75) is 50.1 Å². The van der Waals surface area contributed by atoms with Crippen molar-refractivity contribution in [3.63, 3.8) is 0 Å². The molecule has 1 saturated carbocycles. The maximum atomic E-state index is 12.4. The highest BCUT2D eigenvalue weighted by Gasteiger charge is 2.36. The SMILES string of the molecule is CN(CC(=O)NC1(C#N)CCCC1)[C@H]1CCCN(c2cccnn2)C1. The molecule has 1 aliphatic carbocycles. The summed E-state index contributed by atoms with van der Waals surface area (Å²) in [5.74, 6) is 0.835. The van der Waals surface area contributed by atoms with Crippen molar-refractivity contribution >= 4 is 11.7 Å². The van der Waals surface area contributed by atoms with E-state index in [1.54, 1.807) is 6.20 Å². The average molecular weight is 342 g/mol. The van der Waals surface area contributed by atoms with Crippen LogP contribution in [0.25, 0.3) is 0 Å². The molecule has 0 radical (unpaired) electrons. The number of carbonyl (C=O) groups excluding carboxylic acids is 1. The molecule has 2 fully saturated rings. The Morgan fingerprint density at radius 3 is 2.96 bits per heavy atom. The number of nitrogens with one attached hydrogen (secondary N) is 1. The minimum absolute atomic E-state index is 0.0532. The lowest BCUT2D eigenvalue weighted by molar-refractivity contribution is -0.123. The molecule has 1 N–H and O–H groups in total. The molecular formula is C18H26N6O. The molecule has 2 heterocycles. The molecule has 25 heavy (non-hydrogen) atoms. The minimum Gasteiger partial charge on any atom is -0.354 e.